The quantitative estimate of drug-likeness (QED) is 0.190. The van der Waals surface area contributed by atoms with Gasteiger partial charge in [0.25, 0.3) is 0 Å². The summed E-state index contributed by atoms with van der Waals surface area (Å²) in [6.45, 7) is 6.74. The zero-order valence-electron chi connectivity index (χ0n) is 12.8. The molecule has 0 aromatic heterocycles. The van der Waals surface area contributed by atoms with Crippen molar-refractivity contribution in [2.24, 2.45) is 0 Å². The predicted octanol–water partition coefficient (Wildman–Crippen LogP) is 0.583. The second-order valence-corrected chi connectivity index (χ2v) is 4.41. The minimum absolute atomic E-state index is 0.0120. The maximum Gasteiger partial charge on any atom is 0.147 e. The number of epoxide rings is 1. The van der Waals surface area contributed by atoms with Gasteiger partial charge in [0.1, 0.15) is 31.9 Å². The van der Waals surface area contributed by atoms with Crippen LogP contribution >= 0.6 is 0 Å². The van der Waals surface area contributed by atoms with Crippen LogP contribution in [0.5, 0.6) is 0 Å². The second kappa shape index (κ2) is 12.0. The zero-order valence-corrected chi connectivity index (χ0v) is 12.8. The van der Waals surface area contributed by atoms with Gasteiger partial charge in [0.15, 0.2) is 0 Å². The van der Waals surface area contributed by atoms with Crippen molar-refractivity contribution in [2.75, 3.05) is 60.8 Å². The Morgan fingerprint density at radius 1 is 1.05 bits per heavy atom. The molecule has 7 heteroatoms. The summed E-state index contributed by atoms with van der Waals surface area (Å²) >= 11 is 0. The summed E-state index contributed by atoms with van der Waals surface area (Å²) in [5.74, 6) is 0. The molecule has 0 aromatic rings. The van der Waals surface area contributed by atoms with Gasteiger partial charge < -0.3 is 33.2 Å². The van der Waals surface area contributed by atoms with Crippen LogP contribution in [0.4, 0.5) is 0 Å². The van der Waals surface area contributed by atoms with Gasteiger partial charge in [-0.1, -0.05) is 6.08 Å². The maximum atomic E-state index is 5.66. The Hall–Kier alpha value is -0.540. The van der Waals surface area contributed by atoms with Crippen molar-refractivity contribution < 1.29 is 33.2 Å². The van der Waals surface area contributed by atoms with Crippen molar-refractivity contribution in [3.8, 4) is 0 Å². The van der Waals surface area contributed by atoms with Crippen molar-refractivity contribution >= 4 is 0 Å². The smallest absolute Gasteiger partial charge is 0.147 e. The summed E-state index contributed by atoms with van der Waals surface area (Å²) in [5.41, 5.74) is 0. The van der Waals surface area contributed by atoms with Crippen LogP contribution in [-0.4, -0.2) is 79.2 Å². The minimum Gasteiger partial charge on any atom is -0.382 e. The molecule has 0 bridgehead atoms. The van der Waals surface area contributed by atoms with Crippen LogP contribution in [-0.2, 0) is 33.2 Å². The van der Waals surface area contributed by atoms with Gasteiger partial charge in [0.2, 0.25) is 0 Å². The lowest BCUT2D eigenvalue weighted by molar-refractivity contribution is -0.163. The monoisotopic (exact) mass is 306 g/mol. The fourth-order valence-corrected chi connectivity index (χ4v) is 1.61. The number of hydrogen-bond donors (Lipinski definition) is 0. The molecule has 0 saturated carbocycles. The molecule has 21 heavy (non-hydrogen) atoms. The Labute approximate surface area is 126 Å². The molecule has 1 aliphatic heterocycles. The zero-order chi connectivity index (χ0) is 15.3. The molecule has 7 nitrogen and oxygen atoms in total. The number of hydrogen-bond acceptors (Lipinski definition) is 7. The summed E-state index contributed by atoms with van der Waals surface area (Å²) in [7, 11) is 3.24. The molecule has 3 atom stereocenters. The number of ether oxygens (including phenoxy) is 7. The van der Waals surface area contributed by atoms with Crippen LogP contribution in [0.2, 0.25) is 0 Å². The van der Waals surface area contributed by atoms with Gasteiger partial charge >= 0.3 is 0 Å². The highest BCUT2D eigenvalue weighted by molar-refractivity contribution is 4.95. The summed E-state index contributed by atoms with van der Waals surface area (Å²) in [6, 6.07) is 0. The van der Waals surface area contributed by atoms with Crippen LogP contribution in [0.1, 0.15) is 0 Å². The van der Waals surface area contributed by atoms with Gasteiger partial charge in [-0.15, -0.1) is 6.58 Å². The van der Waals surface area contributed by atoms with Crippen molar-refractivity contribution in [3.05, 3.63) is 12.7 Å². The molecule has 1 rings (SSSR count). The molecule has 0 N–H and O–H groups in total. The van der Waals surface area contributed by atoms with Crippen LogP contribution < -0.4 is 0 Å². The molecule has 0 aromatic carbocycles. The molecule has 1 fully saturated rings. The molecule has 0 amide bonds. The summed E-state index contributed by atoms with van der Waals surface area (Å²) in [4.78, 5) is 0. The summed E-state index contributed by atoms with van der Waals surface area (Å²) in [5, 5.41) is 0. The van der Waals surface area contributed by atoms with Gasteiger partial charge in [0, 0.05) is 14.2 Å². The van der Waals surface area contributed by atoms with Crippen LogP contribution in [0.25, 0.3) is 0 Å². The third-order valence-electron chi connectivity index (χ3n) is 2.83. The van der Waals surface area contributed by atoms with Crippen LogP contribution in [0, 0.1) is 0 Å². The lowest BCUT2D eigenvalue weighted by Gasteiger charge is -2.23. The highest BCUT2D eigenvalue weighted by Crippen LogP contribution is 2.22. The molecule has 0 aliphatic carbocycles. The first-order valence-electron chi connectivity index (χ1n) is 6.94. The lowest BCUT2D eigenvalue weighted by atomic mass is 10.1. The molecule has 1 aliphatic rings. The lowest BCUT2D eigenvalue weighted by Crippen LogP contribution is -2.36. The summed E-state index contributed by atoms with van der Waals surface area (Å²) < 4.78 is 36.9. The Morgan fingerprint density at radius 2 is 1.62 bits per heavy atom. The van der Waals surface area contributed by atoms with Gasteiger partial charge in [-0.2, -0.15) is 0 Å². The normalized spacial score (nSPS) is 20.2. The van der Waals surface area contributed by atoms with Crippen molar-refractivity contribution in [3.63, 3.8) is 0 Å². The van der Waals surface area contributed by atoms with E-state index in [1.165, 1.54) is 0 Å². The number of rotatable bonds is 15. The van der Waals surface area contributed by atoms with E-state index < -0.39 is 0 Å². The van der Waals surface area contributed by atoms with Crippen molar-refractivity contribution in [2.45, 2.75) is 18.3 Å². The molecule has 0 unspecified atom stereocenters. The molecule has 0 radical (unpaired) electrons. The van der Waals surface area contributed by atoms with E-state index in [2.05, 4.69) is 6.58 Å². The van der Waals surface area contributed by atoms with E-state index in [0.717, 1.165) is 0 Å². The van der Waals surface area contributed by atoms with E-state index in [9.17, 15) is 0 Å². The average Bonchev–Trinajstić information content (AvgIpc) is 3.32. The van der Waals surface area contributed by atoms with E-state index in [-0.39, 0.29) is 31.9 Å². The fourth-order valence-electron chi connectivity index (χ4n) is 1.61. The first-order valence-corrected chi connectivity index (χ1v) is 6.94. The molecular formula is C14H26O7. The predicted molar refractivity (Wildman–Crippen MR) is 75.1 cm³/mol. The average molecular weight is 306 g/mol. The van der Waals surface area contributed by atoms with Crippen molar-refractivity contribution in [1.82, 2.24) is 0 Å². The fraction of sp³-hybridized carbons (Fsp3) is 0.857. The Kier molecular flexibility index (Phi) is 10.6. The molecule has 1 saturated heterocycles. The minimum atomic E-state index is -0.314. The highest BCUT2D eigenvalue weighted by atomic mass is 16.7. The standard InChI is InChI=1S/C14H26O7/c1-4-12(20-10-17-7-5-15-2)14(13-9-19-13)21-11-18-8-6-16-3/h4,12-14H,1,5-11H2,2-3H3/t12-,13-,14+/m1/s1. The molecular weight excluding hydrogens is 280 g/mol. The van der Waals surface area contributed by atoms with E-state index in [4.69, 9.17) is 33.2 Å². The third kappa shape index (κ3) is 8.47. The van der Waals surface area contributed by atoms with Crippen LogP contribution in [0.15, 0.2) is 12.7 Å². The molecule has 0 spiro atoms. The van der Waals surface area contributed by atoms with Gasteiger partial charge in [0.05, 0.1) is 33.0 Å². The second-order valence-electron chi connectivity index (χ2n) is 4.41. The Balaban J connectivity index is 2.22. The Morgan fingerprint density at radius 3 is 2.10 bits per heavy atom. The Bertz CT molecular complexity index is 258. The first-order chi connectivity index (χ1) is 10.3. The van der Waals surface area contributed by atoms with E-state index in [1.54, 1.807) is 20.3 Å². The summed E-state index contributed by atoms with van der Waals surface area (Å²) in [6.07, 6.45) is 1.13. The van der Waals surface area contributed by atoms with Gasteiger partial charge in [-0.3, -0.25) is 0 Å². The highest BCUT2D eigenvalue weighted by Gasteiger charge is 2.38. The first kappa shape index (κ1) is 18.5. The number of methoxy groups -OCH3 is 2. The largest absolute Gasteiger partial charge is 0.382 e. The maximum absolute atomic E-state index is 5.66. The third-order valence-corrected chi connectivity index (χ3v) is 2.83. The van der Waals surface area contributed by atoms with Gasteiger partial charge in [-0.25, -0.2) is 0 Å². The van der Waals surface area contributed by atoms with Crippen LogP contribution in [0.3, 0.4) is 0 Å². The molecule has 124 valence electrons. The van der Waals surface area contributed by atoms with Crippen molar-refractivity contribution in [1.29, 1.82) is 0 Å². The van der Waals surface area contributed by atoms with E-state index in [0.29, 0.717) is 33.0 Å². The SMILES string of the molecule is C=C[C@@H](OCOCCOC)[C@H](OCOCCOC)[C@H]1CO1. The van der Waals surface area contributed by atoms with E-state index in [1.807, 2.05) is 0 Å². The topological polar surface area (TPSA) is 67.9 Å². The van der Waals surface area contributed by atoms with Gasteiger partial charge in [-0.05, 0) is 0 Å². The molecule has 1 heterocycles. The van der Waals surface area contributed by atoms with E-state index >= 15 is 0 Å².